The number of carboxylic acid groups (broad SMARTS) is 1. The fraction of sp³-hybridized carbons (Fsp3) is 0.529. The zero-order valence-electron chi connectivity index (χ0n) is 13.8. The fourth-order valence-corrected chi connectivity index (χ4v) is 2.39. The summed E-state index contributed by atoms with van der Waals surface area (Å²) in [6.07, 6.45) is 4.11. The van der Waals surface area contributed by atoms with Gasteiger partial charge >= 0.3 is 0 Å². The van der Waals surface area contributed by atoms with Gasteiger partial charge in [0.15, 0.2) is 0 Å². The number of unbranched alkanes of at least 4 members (excludes halogenated alkanes) is 3. The van der Waals surface area contributed by atoms with Crippen LogP contribution >= 0.6 is 0 Å². The van der Waals surface area contributed by atoms with Gasteiger partial charge in [0.05, 0.1) is 25.5 Å². The smallest absolute Gasteiger partial charge is 0.230 e. The first kappa shape index (κ1) is 19.1. The lowest BCUT2D eigenvalue weighted by Crippen LogP contribution is -2.93. The molecule has 0 aliphatic heterocycles. The van der Waals surface area contributed by atoms with Crippen molar-refractivity contribution in [2.24, 2.45) is 0 Å². The van der Waals surface area contributed by atoms with Gasteiger partial charge in [0.25, 0.3) is 0 Å². The van der Waals surface area contributed by atoms with Gasteiger partial charge in [0.2, 0.25) is 5.91 Å². The van der Waals surface area contributed by atoms with E-state index in [1.54, 1.807) is 11.4 Å². The first-order valence-corrected chi connectivity index (χ1v) is 8.23. The Morgan fingerprint density at radius 1 is 1.26 bits per heavy atom. The molecule has 0 unspecified atom stereocenters. The van der Waals surface area contributed by atoms with Crippen LogP contribution in [0.5, 0.6) is 0 Å². The van der Waals surface area contributed by atoms with E-state index in [4.69, 9.17) is 0 Å². The van der Waals surface area contributed by atoms with Gasteiger partial charge in [-0.05, 0) is 50.3 Å². The number of aryl methyl sites for hydroxylation is 1. The van der Waals surface area contributed by atoms with Crippen LogP contribution in [-0.4, -0.2) is 31.0 Å². The molecule has 0 saturated carbocycles. The normalized spacial score (nSPS) is 11.9. The third kappa shape index (κ3) is 8.32. The van der Waals surface area contributed by atoms with E-state index < -0.39 is 12.0 Å². The number of carboxylic acids is 1. The largest absolute Gasteiger partial charge is 0.544 e. The maximum atomic E-state index is 12.0. The average molecular weight is 322 g/mol. The standard InChI is InChI=1S/C17H27N3O3/c1-13-7-6-8-14(11-13)20-16(21)12-15(17(22)23)19-10-5-3-2-4-9-18/h6-8,11,15,19H,2-5,9-10,12,18H2,1H3,(H,20,21)(H,22,23)/p+1/t15-/m1/s1. The molecular weight excluding hydrogens is 294 g/mol. The molecule has 0 aliphatic rings. The monoisotopic (exact) mass is 322 g/mol. The highest BCUT2D eigenvalue weighted by atomic mass is 16.4. The highest BCUT2D eigenvalue weighted by molar-refractivity contribution is 5.93. The number of nitrogens with one attached hydrogen (secondary N) is 1. The van der Waals surface area contributed by atoms with Crippen LogP contribution in [0.25, 0.3) is 0 Å². The maximum Gasteiger partial charge on any atom is 0.230 e. The van der Waals surface area contributed by atoms with E-state index >= 15 is 0 Å². The Kier molecular flexibility index (Phi) is 8.94. The van der Waals surface area contributed by atoms with Crippen LogP contribution in [0.3, 0.4) is 0 Å². The van der Waals surface area contributed by atoms with Crippen LogP contribution in [0, 0.1) is 6.92 Å². The Labute approximate surface area is 137 Å². The van der Waals surface area contributed by atoms with Gasteiger partial charge in [0.1, 0.15) is 6.04 Å². The van der Waals surface area contributed by atoms with Gasteiger partial charge in [-0.3, -0.25) is 4.79 Å². The summed E-state index contributed by atoms with van der Waals surface area (Å²) >= 11 is 0. The Morgan fingerprint density at radius 3 is 2.65 bits per heavy atom. The molecule has 1 atom stereocenters. The number of amides is 1. The second-order valence-electron chi connectivity index (χ2n) is 5.84. The van der Waals surface area contributed by atoms with Crippen molar-refractivity contribution in [1.29, 1.82) is 0 Å². The lowest BCUT2D eigenvalue weighted by molar-refractivity contribution is -0.682. The predicted octanol–water partition coefficient (Wildman–Crippen LogP) is -1.19. The van der Waals surface area contributed by atoms with Gasteiger partial charge < -0.3 is 26.3 Å². The van der Waals surface area contributed by atoms with E-state index in [0.717, 1.165) is 37.8 Å². The third-order valence-electron chi connectivity index (χ3n) is 3.67. The molecule has 1 rings (SSSR count). The van der Waals surface area contributed by atoms with Gasteiger partial charge in [-0.2, -0.15) is 0 Å². The van der Waals surface area contributed by atoms with Crippen LogP contribution in [0.15, 0.2) is 24.3 Å². The Morgan fingerprint density at radius 2 is 2.00 bits per heavy atom. The molecule has 0 fully saturated rings. The summed E-state index contributed by atoms with van der Waals surface area (Å²) in [6.45, 7) is 3.56. The molecule has 0 spiro atoms. The molecule has 0 heterocycles. The highest BCUT2D eigenvalue weighted by Crippen LogP contribution is 2.09. The summed E-state index contributed by atoms with van der Waals surface area (Å²) in [4.78, 5) is 23.2. The van der Waals surface area contributed by atoms with E-state index in [9.17, 15) is 14.7 Å². The number of hydrogen-bond donors (Lipinski definition) is 3. The van der Waals surface area contributed by atoms with Crippen molar-refractivity contribution in [1.82, 2.24) is 0 Å². The molecule has 1 amide bonds. The quantitative estimate of drug-likeness (QED) is 0.445. The number of anilines is 1. The van der Waals surface area contributed by atoms with Gasteiger partial charge in [-0.1, -0.05) is 12.1 Å². The summed E-state index contributed by atoms with van der Waals surface area (Å²) in [5.74, 6) is -1.50. The molecule has 6 N–H and O–H groups in total. The lowest BCUT2D eigenvalue weighted by atomic mass is 10.1. The Bertz CT molecular complexity index is 506. The van der Waals surface area contributed by atoms with Crippen LogP contribution < -0.4 is 21.5 Å². The molecule has 0 aliphatic carbocycles. The van der Waals surface area contributed by atoms with E-state index in [1.807, 2.05) is 25.1 Å². The number of rotatable bonds is 11. The zero-order valence-corrected chi connectivity index (χ0v) is 13.8. The Balaban J connectivity index is 2.36. The number of carbonyl (C=O) groups excluding carboxylic acids is 2. The van der Waals surface area contributed by atoms with Crippen molar-refractivity contribution in [3.8, 4) is 0 Å². The third-order valence-corrected chi connectivity index (χ3v) is 3.67. The highest BCUT2D eigenvalue weighted by Gasteiger charge is 2.18. The molecule has 0 bridgehead atoms. The summed E-state index contributed by atoms with van der Waals surface area (Å²) in [5.41, 5.74) is 5.51. The second kappa shape index (κ2) is 10.7. The molecular formula is C17H28N3O3+. The number of carbonyl (C=O) groups is 2. The van der Waals surface area contributed by atoms with Crippen molar-refractivity contribution in [2.45, 2.75) is 45.1 Å². The van der Waals surface area contributed by atoms with Crippen LogP contribution in [0.4, 0.5) is 5.69 Å². The first-order valence-electron chi connectivity index (χ1n) is 8.23. The predicted molar refractivity (Wildman–Crippen MR) is 86.2 cm³/mol. The SMILES string of the molecule is Cc1cccc(NC(=O)C[C@@H]([NH2+]CCCCCC[NH3+])C(=O)[O-])c1. The summed E-state index contributed by atoms with van der Waals surface area (Å²) < 4.78 is 0. The van der Waals surface area contributed by atoms with Crippen molar-refractivity contribution in [3.63, 3.8) is 0 Å². The molecule has 0 radical (unpaired) electrons. The molecule has 0 aromatic heterocycles. The molecule has 6 nitrogen and oxygen atoms in total. The molecule has 23 heavy (non-hydrogen) atoms. The zero-order chi connectivity index (χ0) is 17.1. The van der Waals surface area contributed by atoms with Crippen molar-refractivity contribution in [3.05, 3.63) is 29.8 Å². The lowest BCUT2D eigenvalue weighted by Gasteiger charge is -2.16. The number of hydrogen-bond acceptors (Lipinski definition) is 3. The summed E-state index contributed by atoms with van der Waals surface area (Å²) in [5, 5.41) is 15.6. The fourth-order valence-electron chi connectivity index (χ4n) is 2.39. The maximum absolute atomic E-state index is 12.0. The Hall–Kier alpha value is -1.92. The minimum absolute atomic E-state index is 0.0881. The van der Waals surface area contributed by atoms with Crippen LogP contribution in [0.2, 0.25) is 0 Å². The number of benzene rings is 1. The first-order chi connectivity index (χ1) is 11.0. The van der Waals surface area contributed by atoms with Crippen LogP contribution in [0.1, 0.15) is 37.7 Å². The molecule has 128 valence electrons. The van der Waals surface area contributed by atoms with Gasteiger partial charge in [-0.25, -0.2) is 0 Å². The number of quaternary nitrogens is 2. The van der Waals surface area contributed by atoms with Crippen molar-refractivity contribution >= 4 is 17.6 Å². The van der Waals surface area contributed by atoms with Crippen molar-refractivity contribution < 1.29 is 25.7 Å². The molecule has 1 aromatic rings. The van der Waals surface area contributed by atoms with Crippen LogP contribution in [-0.2, 0) is 9.59 Å². The average Bonchev–Trinajstić information content (AvgIpc) is 2.49. The summed E-state index contributed by atoms with van der Waals surface area (Å²) in [6, 6.07) is 6.57. The van der Waals surface area contributed by atoms with Gasteiger partial charge in [-0.15, -0.1) is 0 Å². The second-order valence-corrected chi connectivity index (χ2v) is 5.84. The molecule has 6 heteroatoms. The van der Waals surface area contributed by atoms with Gasteiger partial charge in [0, 0.05) is 5.69 Å². The minimum Gasteiger partial charge on any atom is -0.544 e. The van der Waals surface area contributed by atoms with Crippen molar-refractivity contribution in [2.75, 3.05) is 18.4 Å². The summed E-state index contributed by atoms with van der Waals surface area (Å²) in [7, 11) is 0. The molecule has 1 aromatic carbocycles. The topological polar surface area (TPSA) is 113 Å². The number of nitrogens with two attached hydrogens (primary N) is 1. The van der Waals surface area contributed by atoms with E-state index in [2.05, 4.69) is 11.1 Å². The minimum atomic E-state index is -1.19. The van der Waals surface area contributed by atoms with E-state index in [1.165, 1.54) is 0 Å². The number of aliphatic carboxylic acids is 1. The molecule has 0 saturated heterocycles. The van der Waals surface area contributed by atoms with E-state index in [-0.39, 0.29) is 12.3 Å². The van der Waals surface area contributed by atoms with E-state index in [0.29, 0.717) is 12.2 Å².